The topological polar surface area (TPSA) is 44.7 Å². The van der Waals surface area contributed by atoms with Gasteiger partial charge in [0.05, 0.1) is 0 Å². The van der Waals surface area contributed by atoms with E-state index in [9.17, 15) is 4.79 Å². The molecule has 0 aliphatic carbocycles. The predicted octanol–water partition coefficient (Wildman–Crippen LogP) is 3.10. The monoisotopic (exact) mass is 325 g/mol. The molecule has 0 aliphatic rings. The molecule has 23 heavy (non-hydrogen) atoms. The predicted molar refractivity (Wildman–Crippen MR) is 97.8 cm³/mol. The van der Waals surface area contributed by atoms with Crippen molar-refractivity contribution in [2.75, 3.05) is 13.6 Å². The first-order valence-corrected chi connectivity index (χ1v) is 7.79. The van der Waals surface area contributed by atoms with Crippen LogP contribution < -0.4 is 5.32 Å². The molecule has 118 valence electrons. The molecular formula is C18H19N3OS. The van der Waals surface area contributed by atoms with Gasteiger partial charge in [-0.2, -0.15) is 5.10 Å². The second kappa shape index (κ2) is 8.19. The van der Waals surface area contributed by atoms with Crippen molar-refractivity contribution in [1.29, 1.82) is 0 Å². The number of rotatable bonds is 5. The lowest BCUT2D eigenvalue weighted by molar-refractivity contribution is 0.106. The highest BCUT2D eigenvalue weighted by atomic mass is 32.1. The highest BCUT2D eigenvalue weighted by molar-refractivity contribution is 7.80. The number of hydrogen-bond acceptors (Lipinski definition) is 3. The van der Waals surface area contributed by atoms with E-state index in [-0.39, 0.29) is 5.78 Å². The van der Waals surface area contributed by atoms with E-state index in [1.165, 1.54) is 5.01 Å². The van der Waals surface area contributed by atoms with Crippen molar-refractivity contribution in [3.8, 4) is 0 Å². The molecule has 0 saturated carbocycles. The molecule has 0 aliphatic heterocycles. The van der Waals surface area contributed by atoms with Crippen molar-refractivity contribution in [3.05, 3.63) is 71.8 Å². The van der Waals surface area contributed by atoms with Crippen LogP contribution in [-0.2, 0) is 0 Å². The maximum Gasteiger partial charge on any atom is 0.213 e. The number of nitrogens with one attached hydrogen (secondary N) is 1. The molecule has 0 bridgehead atoms. The second-order valence-corrected chi connectivity index (χ2v) is 5.26. The average molecular weight is 325 g/mol. The maximum absolute atomic E-state index is 12.8. The van der Waals surface area contributed by atoms with Crippen LogP contribution in [0.1, 0.15) is 22.8 Å². The third kappa shape index (κ3) is 4.47. The molecule has 2 aromatic carbocycles. The summed E-state index contributed by atoms with van der Waals surface area (Å²) in [6.07, 6.45) is 0. The fourth-order valence-corrected chi connectivity index (χ4v) is 2.20. The molecule has 1 N–H and O–H groups in total. The van der Waals surface area contributed by atoms with Crippen LogP contribution in [0.5, 0.6) is 0 Å². The Morgan fingerprint density at radius 1 is 1.04 bits per heavy atom. The summed E-state index contributed by atoms with van der Waals surface area (Å²) in [7, 11) is 1.73. The summed E-state index contributed by atoms with van der Waals surface area (Å²) in [6, 6.07) is 18.5. The molecule has 4 nitrogen and oxygen atoms in total. The van der Waals surface area contributed by atoms with E-state index in [1.807, 2.05) is 55.5 Å². The van der Waals surface area contributed by atoms with E-state index in [0.717, 1.165) is 5.56 Å². The van der Waals surface area contributed by atoms with Crippen LogP contribution in [0.4, 0.5) is 0 Å². The molecular weight excluding hydrogens is 306 g/mol. The normalized spacial score (nSPS) is 11.0. The molecule has 0 unspecified atom stereocenters. The average Bonchev–Trinajstić information content (AvgIpc) is 2.60. The Hall–Kier alpha value is -2.53. The highest BCUT2D eigenvalue weighted by Gasteiger charge is 2.17. The number of thiocarbonyl (C=S) groups is 1. The molecule has 0 radical (unpaired) electrons. The molecule has 2 aromatic rings. The minimum absolute atomic E-state index is 0.136. The second-order valence-electron chi connectivity index (χ2n) is 4.87. The smallest absolute Gasteiger partial charge is 0.213 e. The van der Waals surface area contributed by atoms with Gasteiger partial charge in [-0.3, -0.25) is 4.79 Å². The SMILES string of the molecule is CCNC(=S)N(C)N=C(C(=O)c1ccccc1)c1ccccc1. The van der Waals surface area contributed by atoms with Gasteiger partial charge in [-0.15, -0.1) is 0 Å². The number of hydrogen-bond donors (Lipinski definition) is 1. The third-order valence-corrected chi connectivity index (χ3v) is 3.58. The lowest BCUT2D eigenvalue weighted by Gasteiger charge is -2.17. The Bertz CT molecular complexity index is 699. The summed E-state index contributed by atoms with van der Waals surface area (Å²) in [4.78, 5) is 12.8. The van der Waals surface area contributed by atoms with Crippen LogP contribution in [0, 0.1) is 0 Å². The lowest BCUT2D eigenvalue weighted by Crippen LogP contribution is -2.35. The summed E-state index contributed by atoms with van der Waals surface area (Å²) in [5.74, 6) is -0.136. The number of benzene rings is 2. The molecule has 0 saturated heterocycles. The van der Waals surface area contributed by atoms with Gasteiger partial charge in [-0.25, -0.2) is 5.01 Å². The van der Waals surface area contributed by atoms with Gasteiger partial charge in [-0.05, 0) is 19.1 Å². The highest BCUT2D eigenvalue weighted by Crippen LogP contribution is 2.10. The zero-order valence-corrected chi connectivity index (χ0v) is 14.0. The first-order valence-electron chi connectivity index (χ1n) is 7.38. The molecule has 5 heteroatoms. The largest absolute Gasteiger partial charge is 0.361 e. The molecule has 0 fully saturated rings. The van der Waals surface area contributed by atoms with E-state index in [4.69, 9.17) is 12.2 Å². The van der Waals surface area contributed by atoms with E-state index in [1.54, 1.807) is 19.2 Å². The van der Waals surface area contributed by atoms with Gasteiger partial charge in [0.2, 0.25) is 5.78 Å². The number of carbonyl (C=O) groups excluding carboxylic acids is 1. The number of Topliss-reactive ketones (excluding diaryl/α,β-unsaturated/α-hetero) is 1. The van der Waals surface area contributed by atoms with Gasteiger partial charge in [0, 0.05) is 24.7 Å². The minimum atomic E-state index is -0.136. The zero-order valence-electron chi connectivity index (χ0n) is 13.2. The number of hydrazone groups is 1. The molecule has 0 spiro atoms. The fraction of sp³-hybridized carbons (Fsp3) is 0.167. The number of carbonyl (C=O) groups is 1. The van der Waals surface area contributed by atoms with Crippen LogP contribution >= 0.6 is 12.2 Å². The zero-order chi connectivity index (χ0) is 16.7. The standard InChI is InChI=1S/C18H19N3OS/c1-3-19-18(23)21(2)20-16(14-10-6-4-7-11-14)17(22)15-12-8-5-9-13-15/h4-13H,3H2,1-2H3,(H,19,23). The van der Waals surface area contributed by atoms with Crippen molar-refractivity contribution in [2.45, 2.75) is 6.92 Å². The molecule has 2 rings (SSSR count). The van der Waals surface area contributed by atoms with Gasteiger partial charge in [-0.1, -0.05) is 60.7 Å². The van der Waals surface area contributed by atoms with Gasteiger partial charge in [0.1, 0.15) is 5.71 Å². The van der Waals surface area contributed by atoms with Crippen LogP contribution in [0.2, 0.25) is 0 Å². The number of ketones is 1. The summed E-state index contributed by atoms with van der Waals surface area (Å²) in [6.45, 7) is 2.66. The van der Waals surface area contributed by atoms with Crippen molar-refractivity contribution in [3.63, 3.8) is 0 Å². The van der Waals surface area contributed by atoms with Crippen molar-refractivity contribution in [1.82, 2.24) is 10.3 Å². The van der Waals surface area contributed by atoms with Gasteiger partial charge >= 0.3 is 0 Å². The van der Waals surface area contributed by atoms with Crippen LogP contribution in [-0.4, -0.2) is 35.2 Å². The molecule has 0 aromatic heterocycles. The van der Waals surface area contributed by atoms with Gasteiger partial charge < -0.3 is 5.32 Å². The quantitative estimate of drug-likeness (QED) is 0.397. The van der Waals surface area contributed by atoms with E-state index < -0.39 is 0 Å². The van der Waals surface area contributed by atoms with E-state index in [0.29, 0.717) is 22.9 Å². The third-order valence-electron chi connectivity index (χ3n) is 3.17. The summed E-state index contributed by atoms with van der Waals surface area (Å²) >= 11 is 5.24. The fourth-order valence-electron chi connectivity index (χ4n) is 2.02. The molecule has 0 amide bonds. The summed E-state index contributed by atoms with van der Waals surface area (Å²) in [5, 5.41) is 9.45. The Morgan fingerprint density at radius 2 is 1.57 bits per heavy atom. The van der Waals surface area contributed by atoms with Crippen molar-refractivity contribution in [2.24, 2.45) is 5.10 Å². The van der Waals surface area contributed by atoms with Gasteiger partial charge in [0.15, 0.2) is 5.11 Å². The van der Waals surface area contributed by atoms with Crippen LogP contribution in [0.25, 0.3) is 0 Å². The van der Waals surface area contributed by atoms with E-state index >= 15 is 0 Å². The molecule has 0 heterocycles. The van der Waals surface area contributed by atoms with Gasteiger partial charge in [0.25, 0.3) is 0 Å². The lowest BCUT2D eigenvalue weighted by atomic mass is 10.0. The Morgan fingerprint density at radius 3 is 2.09 bits per heavy atom. The Kier molecular flexibility index (Phi) is 6.00. The first-order chi connectivity index (χ1) is 11.1. The number of nitrogens with zero attached hydrogens (tertiary/aromatic N) is 2. The maximum atomic E-state index is 12.8. The van der Waals surface area contributed by atoms with Crippen molar-refractivity contribution >= 4 is 28.8 Å². The Labute approximate surface area is 141 Å². The Balaban J connectivity index is 2.41. The van der Waals surface area contributed by atoms with Crippen LogP contribution in [0.3, 0.4) is 0 Å². The summed E-state index contributed by atoms with van der Waals surface area (Å²) < 4.78 is 0. The first kappa shape index (κ1) is 16.8. The minimum Gasteiger partial charge on any atom is -0.361 e. The van der Waals surface area contributed by atoms with Crippen LogP contribution in [0.15, 0.2) is 65.8 Å². The molecule has 0 atom stereocenters. The van der Waals surface area contributed by atoms with Crippen molar-refractivity contribution < 1.29 is 4.79 Å². The summed E-state index contributed by atoms with van der Waals surface area (Å²) in [5.41, 5.74) is 1.71. The van der Waals surface area contributed by atoms with E-state index in [2.05, 4.69) is 10.4 Å².